The minimum Gasteiger partial charge on any atom is -0.344 e. The molecule has 7 nitrogen and oxygen atoms in total. The molecular weight excluding hydrogens is 424 g/mol. The molecule has 1 amide bonds. The highest BCUT2D eigenvalue weighted by molar-refractivity contribution is 7.92. The zero-order chi connectivity index (χ0) is 22.9. The van der Waals surface area contributed by atoms with E-state index in [1.165, 1.54) is 6.42 Å². The summed E-state index contributed by atoms with van der Waals surface area (Å²) in [5, 5.41) is -0.483. The highest BCUT2D eigenvalue weighted by Crippen LogP contribution is 2.27. The van der Waals surface area contributed by atoms with Gasteiger partial charge in [-0.25, -0.2) is 18.4 Å². The molecule has 2 heterocycles. The van der Waals surface area contributed by atoms with Crippen LogP contribution in [0.15, 0.2) is 41.6 Å². The predicted octanol–water partition coefficient (Wildman–Crippen LogP) is 4.60. The molecule has 8 heteroatoms. The number of nitrogens with zero attached hydrogens (tertiary/aromatic N) is 3. The summed E-state index contributed by atoms with van der Waals surface area (Å²) in [6.07, 6.45) is 8.98. The van der Waals surface area contributed by atoms with Crippen molar-refractivity contribution in [1.29, 1.82) is 0 Å². The van der Waals surface area contributed by atoms with Gasteiger partial charge in [0.05, 0.1) is 27.6 Å². The molecule has 0 unspecified atom stereocenters. The Morgan fingerprint density at radius 3 is 2.47 bits per heavy atom. The average molecular weight is 455 g/mol. The van der Waals surface area contributed by atoms with Gasteiger partial charge in [-0.15, -0.1) is 0 Å². The van der Waals surface area contributed by atoms with E-state index in [0.29, 0.717) is 29.0 Å². The second-order valence-corrected chi connectivity index (χ2v) is 11.2. The molecule has 0 atom stereocenters. The number of fused-ring (bicyclic) bond motifs is 1. The van der Waals surface area contributed by atoms with Gasteiger partial charge < -0.3 is 9.88 Å². The third-order valence-electron chi connectivity index (χ3n) is 6.33. The van der Waals surface area contributed by atoms with Gasteiger partial charge in [-0.3, -0.25) is 4.79 Å². The van der Waals surface area contributed by atoms with Gasteiger partial charge in [0.2, 0.25) is 0 Å². The number of carbonyl (C=O) groups excluding carboxylic acids is 1. The second-order valence-electron chi connectivity index (χ2n) is 8.66. The number of hydrogen-bond donors (Lipinski definition) is 1. The normalized spacial score (nSPS) is 15.4. The molecule has 2 aromatic heterocycles. The maximum atomic E-state index is 13.4. The van der Waals surface area contributed by atoms with E-state index < -0.39 is 15.1 Å². The van der Waals surface area contributed by atoms with Gasteiger partial charge >= 0.3 is 0 Å². The fraction of sp³-hybridized carbons (Fsp3) is 0.458. The number of hydrogen-bond acceptors (Lipinski definition) is 5. The Morgan fingerprint density at radius 2 is 1.84 bits per heavy atom. The predicted molar refractivity (Wildman–Crippen MR) is 125 cm³/mol. The maximum absolute atomic E-state index is 13.4. The Balaban J connectivity index is 1.66. The number of nitrogens with one attached hydrogen (secondary N) is 1. The van der Waals surface area contributed by atoms with Crippen LogP contribution in [0.5, 0.6) is 0 Å². The zero-order valence-corrected chi connectivity index (χ0v) is 19.7. The topological polar surface area (TPSA) is 96.0 Å². The lowest BCUT2D eigenvalue weighted by Gasteiger charge is -2.33. The first-order valence-electron chi connectivity index (χ1n) is 11.3. The maximum Gasteiger partial charge on any atom is 0.257 e. The summed E-state index contributed by atoms with van der Waals surface area (Å²) in [5.41, 5.74) is 2.99. The van der Waals surface area contributed by atoms with E-state index in [4.69, 9.17) is 4.98 Å². The summed E-state index contributed by atoms with van der Waals surface area (Å²) in [6, 6.07) is 6.94. The number of H-pyrrole nitrogens is 1. The van der Waals surface area contributed by atoms with Crippen molar-refractivity contribution in [3.8, 4) is 11.3 Å². The third kappa shape index (κ3) is 4.16. The number of rotatable bonds is 6. The van der Waals surface area contributed by atoms with Crippen molar-refractivity contribution in [1.82, 2.24) is 19.9 Å². The summed E-state index contributed by atoms with van der Waals surface area (Å²) in [5.74, 6) is -0.0181. The molecule has 4 rings (SSSR count). The lowest BCUT2D eigenvalue weighted by atomic mass is 9.94. The lowest BCUT2D eigenvalue weighted by molar-refractivity contribution is 0.0650. The summed E-state index contributed by atoms with van der Waals surface area (Å²) in [7, 11) is -3.33. The highest BCUT2D eigenvalue weighted by atomic mass is 32.2. The zero-order valence-electron chi connectivity index (χ0n) is 18.8. The van der Waals surface area contributed by atoms with Crippen LogP contribution in [0.25, 0.3) is 22.4 Å². The minimum atomic E-state index is -3.33. The van der Waals surface area contributed by atoms with Crippen molar-refractivity contribution in [2.24, 2.45) is 0 Å². The summed E-state index contributed by atoms with van der Waals surface area (Å²) in [6.45, 7) is 6.01. The van der Waals surface area contributed by atoms with Crippen LogP contribution in [-0.4, -0.2) is 52.0 Å². The molecule has 0 aliphatic heterocycles. The number of aromatic amines is 1. The first-order valence-corrected chi connectivity index (χ1v) is 12.9. The first kappa shape index (κ1) is 22.5. The number of amides is 1. The Hall–Kier alpha value is -2.74. The molecule has 0 radical (unpaired) electrons. The number of benzene rings is 1. The van der Waals surface area contributed by atoms with Crippen LogP contribution in [0.3, 0.4) is 0 Å². The average Bonchev–Trinajstić information content (AvgIpc) is 3.23. The Kier molecular flexibility index (Phi) is 6.33. The van der Waals surface area contributed by atoms with Gasteiger partial charge in [-0.1, -0.05) is 31.4 Å². The van der Waals surface area contributed by atoms with E-state index in [-0.39, 0.29) is 16.8 Å². The standard InChI is InChI=1S/C24H30N4O3S/c1-4-28(18-8-6-5-7-9-18)24(29)20-14-25-23-22(20)27-21(15-26-23)17-10-12-19(13-11-17)32(30,31)16(2)3/h10-16,18H,4-9H2,1-3H3,(H,25,26). The van der Waals surface area contributed by atoms with Crippen LogP contribution < -0.4 is 0 Å². The van der Waals surface area contributed by atoms with Gasteiger partial charge in [0.15, 0.2) is 15.5 Å². The largest absolute Gasteiger partial charge is 0.344 e. The Bertz CT molecular complexity index is 1210. The summed E-state index contributed by atoms with van der Waals surface area (Å²) in [4.78, 5) is 27.9. The Morgan fingerprint density at radius 1 is 1.16 bits per heavy atom. The van der Waals surface area contributed by atoms with Crippen molar-refractivity contribution < 1.29 is 13.2 Å². The van der Waals surface area contributed by atoms with Gasteiger partial charge in [0.1, 0.15) is 5.52 Å². The highest BCUT2D eigenvalue weighted by Gasteiger charge is 2.27. The summed E-state index contributed by atoms with van der Waals surface area (Å²) >= 11 is 0. The van der Waals surface area contributed by atoms with Crippen LogP contribution in [0.1, 0.15) is 63.2 Å². The van der Waals surface area contributed by atoms with Crippen molar-refractivity contribution in [3.05, 3.63) is 42.2 Å². The van der Waals surface area contributed by atoms with Gasteiger partial charge in [0.25, 0.3) is 5.91 Å². The summed E-state index contributed by atoms with van der Waals surface area (Å²) < 4.78 is 24.8. The SMILES string of the molecule is CCN(C(=O)c1c[nH]c2ncc(-c3ccc(S(=O)(=O)C(C)C)cc3)nc12)C1CCCCC1. The molecule has 1 fully saturated rings. The molecule has 1 N–H and O–H groups in total. The molecule has 0 saturated heterocycles. The van der Waals surface area contributed by atoms with E-state index in [9.17, 15) is 13.2 Å². The monoisotopic (exact) mass is 454 g/mol. The molecular formula is C24H30N4O3S. The first-order chi connectivity index (χ1) is 15.3. The van der Waals surface area contributed by atoms with Gasteiger partial charge in [-0.05, 0) is 45.7 Å². The molecule has 3 aromatic rings. The van der Waals surface area contributed by atoms with E-state index in [1.54, 1.807) is 50.5 Å². The van der Waals surface area contributed by atoms with E-state index in [2.05, 4.69) is 9.97 Å². The minimum absolute atomic E-state index is 0.0181. The smallest absolute Gasteiger partial charge is 0.257 e. The molecule has 0 bridgehead atoms. The fourth-order valence-electron chi connectivity index (χ4n) is 4.40. The van der Waals surface area contributed by atoms with E-state index >= 15 is 0 Å². The molecule has 1 saturated carbocycles. The fourth-order valence-corrected chi connectivity index (χ4v) is 5.46. The van der Waals surface area contributed by atoms with Gasteiger partial charge in [-0.2, -0.15) is 0 Å². The number of carbonyl (C=O) groups is 1. The van der Waals surface area contributed by atoms with Crippen molar-refractivity contribution in [3.63, 3.8) is 0 Å². The molecule has 32 heavy (non-hydrogen) atoms. The van der Waals surface area contributed by atoms with Crippen LogP contribution in [0, 0.1) is 0 Å². The molecule has 0 spiro atoms. The van der Waals surface area contributed by atoms with Crippen LogP contribution >= 0.6 is 0 Å². The van der Waals surface area contributed by atoms with E-state index in [0.717, 1.165) is 31.2 Å². The van der Waals surface area contributed by atoms with Crippen molar-refractivity contribution in [2.45, 2.75) is 69.1 Å². The van der Waals surface area contributed by atoms with Gasteiger partial charge in [0, 0.05) is 24.3 Å². The lowest BCUT2D eigenvalue weighted by Crippen LogP contribution is -2.41. The molecule has 1 aromatic carbocycles. The molecule has 1 aliphatic carbocycles. The van der Waals surface area contributed by atoms with Crippen LogP contribution in [0.4, 0.5) is 0 Å². The molecule has 170 valence electrons. The number of sulfone groups is 1. The quantitative estimate of drug-likeness (QED) is 0.587. The molecule has 1 aliphatic rings. The second kappa shape index (κ2) is 9.02. The van der Waals surface area contributed by atoms with Crippen LogP contribution in [0.2, 0.25) is 0 Å². The Labute approximate surface area is 189 Å². The third-order valence-corrected chi connectivity index (χ3v) is 8.50. The van der Waals surface area contributed by atoms with Crippen molar-refractivity contribution in [2.75, 3.05) is 6.54 Å². The van der Waals surface area contributed by atoms with Crippen molar-refractivity contribution >= 4 is 26.9 Å². The number of aromatic nitrogens is 3. The van der Waals surface area contributed by atoms with Crippen LogP contribution in [-0.2, 0) is 9.84 Å². The van der Waals surface area contributed by atoms with E-state index in [1.807, 2.05) is 11.8 Å².